The summed E-state index contributed by atoms with van der Waals surface area (Å²) >= 11 is 0. The molecule has 1 aromatic heterocycles. The second-order valence-corrected chi connectivity index (χ2v) is 5.19. The van der Waals surface area contributed by atoms with Crippen molar-refractivity contribution in [3.05, 3.63) is 23.9 Å². The highest BCUT2D eigenvalue weighted by Gasteiger charge is 2.14. The van der Waals surface area contributed by atoms with Crippen molar-refractivity contribution >= 4 is 5.78 Å². The summed E-state index contributed by atoms with van der Waals surface area (Å²) in [6, 6.07) is 4.44. The van der Waals surface area contributed by atoms with E-state index in [2.05, 4.69) is 37.6 Å². The number of ketones is 1. The summed E-state index contributed by atoms with van der Waals surface area (Å²) in [4.78, 5) is 17.9. The second-order valence-electron chi connectivity index (χ2n) is 5.19. The zero-order chi connectivity index (χ0) is 14.4. The van der Waals surface area contributed by atoms with E-state index in [9.17, 15) is 4.79 Å². The molecule has 0 amide bonds. The van der Waals surface area contributed by atoms with Gasteiger partial charge in [0.05, 0.1) is 5.56 Å². The fraction of sp³-hybridized carbons (Fsp3) is 0.600. The Morgan fingerprint density at radius 2 is 1.95 bits per heavy atom. The van der Waals surface area contributed by atoms with Crippen LogP contribution in [0.3, 0.4) is 0 Å². The Kier molecular flexibility index (Phi) is 5.96. The highest BCUT2D eigenvalue weighted by molar-refractivity contribution is 5.96. The Morgan fingerprint density at radius 3 is 2.47 bits per heavy atom. The molecular formula is C15H24N2O2. The van der Waals surface area contributed by atoms with E-state index in [1.807, 2.05) is 0 Å². The van der Waals surface area contributed by atoms with Gasteiger partial charge in [0, 0.05) is 24.8 Å². The summed E-state index contributed by atoms with van der Waals surface area (Å²) in [5, 5.41) is 0. The molecule has 0 atom stereocenters. The number of Topliss-reactive ketones (excluding diaryl/α,β-unsaturated/α-hetero) is 1. The predicted molar refractivity (Wildman–Crippen MR) is 76.7 cm³/mol. The van der Waals surface area contributed by atoms with E-state index in [-0.39, 0.29) is 5.78 Å². The van der Waals surface area contributed by atoms with Crippen molar-refractivity contribution < 1.29 is 9.53 Å². The lowest BCUT2D eigenvalue weighted by Crippen LogP contribution is -2.39. The van der Waals surface area contributed by atoms with Crippen LogP contribution in [0.4, 0.5) is 0 Å². The Bertz CT molecular complexity index is 408. The molecule has 0 unspecified atom stereocenters. The minimum Gasteiger partial charge on any atom is -0.476 e. The lowest BCUT2D eigenvalue weighted by Gasteiger charge is -2.30. The third-order valence-corrected chi connectivity index (χ3v) is 3.07. The van der Waals surface area contributed by atoms with E-state index in [0.717, 1.165) is 6.54 Å². The van der Waals surface area contributed by atoms with Crippen LogP contribution in [0.15, 0.2) is 18.3 Å². The minimum absolute atomic E-state index is 0.0207. The normalized spacial score (nSPS) is 11.4. The molecule has 0 N–H and O–H groups in total. The fourth-order valence-corrected chi connectivity index (χ4v) is 2.13. The Morgan fingerprint density at radius 1 is 1.32 bits per heavy atom. The lowest BCUT2D eigenvalue weighted by molar-refractivity contribution is 0.100. The number of carbonyl (C=O) groups excluding carboxylic acids is 1. The van der Waals surface area contributed by atoms with Crippen LogP contribution < -0.4 is 4.74 Å². The molecule has 0 radical (unpaired) electrons. The molecule has 1 rings (SSSR count). The van der Waals surface area contributed by atoms with Crippen LogP contribution in [-0.4, -0.2) is 40.9 Å². The van der Waals surface area contributed by atoms with E-state index in [0.29, 0.717) is 30.1 Å². The van der Waals surface area contributed by atoms with Crippen LogP contribution in [-0.2, 0) is 0 Å². The molecular weight excluding hydrogens is 240 g/mol. The number of nitrogens with zero attached hydrogens (tertiary/aromatic N) is 2. The summed E-state index contributed by atoms with van der Waals surface area (Å²) < 4.78 is 5.66. The van der Waals surface area contributed by atoms with Crippen molar-refractivity contribution in [1.29, 1.82) is 0 Å². The number of hydrogen-bond acceptors (Lipinski definition) is 4. The van der Waals surface area contributed by atoms with Crippen LogP contribution in [0, 0.1) is 0 Å². The lowest BCUT2D eigenvalue weighted by atomic mass is 10.2. The highest BCUT2D eigenvalue weighted by Crippen LogP contribution is 2.15. The zero-order valence-electron chi connectivity index (χ0n) is 12.5. The van der Waals surface area contributed by atoms with Gasteiger partial charge in [-0.05, 0) is 46.8 Å². The van der Waals surface area contributed by atoms with Crippen molar-refractivity contribution in [3.63, 3.8) is 0 Å². The first-order chi connectivity index (χ1) is 8.93. The number of carbonyl (C=O) groups is 1. The highest BCUT2D eigenvalue weighted by atomic mass is 16.5. The van der Waals surface area contributed by atoms with Crippen LogP contribution in [0.1, 0.15) is 45.0 Å². The molecule has 0 fully saturated rings. The van der Waals surface area contributed by atoms with Crippen LogP contribution in [0.25, 0.3) is 0 Å². The van der Waals surface area contributed by atoms with E-state index in [4.69, 9.17) is 4.74 Å². The molecule has 0 spiro atoms. The SMILES string of the molecule is CC(=O)c1cccnc1OCCN(C(C)C)C(C)C. The summed E-state index contributed by atoms with van der Waals surface area (Å²) in [6.07, 6.45) is 1.64. The van der Waals surface area contributed by atoms with Gasteiger partial charge in [0.1, 0.15) is 6.61 Å². The smallest absolute Gasteiger partial charge is 0.224 e. The topological polar surface area (TPSA) is 42.4 Å². The van der Waals surface area contributed by atoms with E-state index in [1.54, 1.807) is 18.3 Å². The molecule has 0 bridgehead atoms. The minimum atomic E-state index is -0.0207. The van der Waals surface area contributed by atoms with Gasteiger partial charge in [-0.1, -0.05) is 0 Å². The van der Waals surface area contributed by atoms with Gasteiger partial charge in [-0.3, -0.25) is 9.69 Å². The molecule has 0 saturated carbocycles. The zero-order valence-corrected chi connectivity index (χ0v) is 12.5. The molecule has 4 heteroatoms. The molecule has 1 heterocycles. The van der Waals surface area contributed by atoms with E-state index < -0.39 is 0 Å². The summed E-state index contributed by atoms with van der Waals surface area (Å²) in [6.45, 7) is 11.6. The van der Waals surface area contributed by atoms with Crippen LogP contribution >= 0.6 is 0 Å². The number of aromatic nitrogens is 1. The van der Waals surface area contributed by atoms with Gasteiger partial charge >= 0.3 is 0 Å². The molecule has 0 aliphatic rings. The Labute approximate surface area is 115 Å². The summed E-state index contributed by atoms with van der Waals surface area (Å²) in [5.41, 5.74) is 0.545. The predicted octanol–water partition coefficient (Wildman–Crippen LogP) is 2.78. The molecule has 19 heavy (non-hydrogen) atoms. The van der Waals surface area contributed by atoms with Crippen LogP contribution in [0.2, 0.25) is 0 Å². The third kappa shape index (κ3) is 4.63. The van der Waals surface area contributed by atoms with Gasteiger partial charge < -0.3 is 4.74 Å². The van der Waals surface area contributed by atoms with Gasteiger partial charge in [0.15, 0.2) is 5.78 Å². The van der Waals surface area contributed by atoms with Gasteiger partial charge in [-0.25, -0.2) is 4.98 Å². The number of pyridine rings is 1. The maximum Gasteiger partial charge on any atom is 0.224 e. The monoisotopic (exact) mass is 264 g/mol. The number of ether oxygens (including phenoxy) is 1. The molecule has 0 aliphatic carbocycles. The van der Waals surface area contributed by atoms with Gasteiger partial charge in [-0.15, -0.1) is 0 Å². The largest absolute Gasteiger partial charge is 0.476 e. The molecule has 0 saturated heterocycles. The molecule has 1 aromatic rings. The molecule has 4 nitrogen and oxygen atoms in total. The first kappa shape index (κ1) is 15.6. The maximum absolute atomic E-state index is 11.4. The van der Waals surface area contributed by atoms with E-state index >= 15 is 0 Å². The number of hydrogen-bond donors (Lipinski definition) is 0. The molecule has 0 aliphatic heterocycles. The first-order valence-electron chi connectivity index (χ1n) is 6.78. The summed E-state index contributed by atoms with van der Waals surface area (Å²) in [5.74, 6) is 0.412. The van der Waals surface area contributed by atoms with Crippen molar-refractivity contribution in [3.8, 4) is 5.88 Å². The molecule has 0 aromatic carbocycles. The second kappa shape index (κ2) is 7.24. The number of rotatable bonds is 7. The first-order valence-corrected chi connectivity index (χ1v) is 6.78. The maximum atomic E-state index is 11.4. The average Bonchev–Trinajstić information content (AvgIpc) is 2.33. The van der Waals surface area contributed by atoms with Gasteiger partial charge in [0.2, 0.25) is 5.88 Å². The van der Waals surface area contributed by atoms with E-state index in [1.165, 1.54) is 6.92 Å². The summed E-state index contributed by atoms with van der Waals surface area (Å²) in [7, 11) is 0. The quantitative estimate of drug-likeness (QED) is 0.710. The standard InChI is InChI=1S/C15H24N2O2/c1-11(2)17(12(3)4)9-10-19-15-14(13(5)18)7-6-8-16-15/h6-8,11-12H,9-10H2,1-5H3. The van der Waals surface area contributed by atoms with Gasteiger partial charge in [-0.2, -0.15) is 0 Å². The van der Waals surface area contributed by atoms with Crippen molar-refractivity contribution in [2.45, 2.75) is 46.7 Å². The fourth-order valence-electron chi connectivity index (χ4n) is 2.13. The Balaban J connectivity index is 2.60. The van der Waals surface area contributed by atoms with Crippen molar-refractivity contribution in [2.75, 3.05) is 13.2 Å². The Hall–Kier alpha value is -1.42. The third-order valence-electron chi connectivity index (χ3n) is 3.07. The van der Waals surface area contributed by atoms with Crippen molar-refractivity contribution in [1.82, 2.24) is 9.88 Å². The van der Waals surface area contributed by atoms with Gasteiger partial charge in [0.25, 0.3) is 0 Å². The van der Waals surface area contributed by atoms with Crippen molar-refractivity contribution in [2.24, 2.45) is 0 Å². The van der Waals surface area contributed by atoms with Crippen LogP contribution in [0.5, 0.6) is 5.88 Å². The molecule has 106 valence electrons. The average molecular weight is 264 g/mol.